The second-order valence-electron chi connectivity index (χ2n) is 4.59. The van der Waals surface area contributed by atoms with Gasteiger partial charge >= 0.3 is 0 Å². The lowest BCUT2D eigenvalue weighted by atomic mass is 9.98. The highest BCUT2D eigenvalue weighted by Crippen LogP contribution is 2.24. The molecule has 0 bridgehead atoms. The fraction of sp³-hybridized carbons (Fsp3) is 0.571. The van der Waals surface area contributed by atoms with Gasteiger partial charge in [-0.1, -0.05) is 32.0 Å². The van der Waals surface area contributed by atoms with E-state index in [9.17, 15) is 0 Å². The maximum atomic E-state index is 6.15. The molecule has 1 aromatic rings. The van der Waals surface area contributed by atoms with Gasteiger partial charge in [0.1, 0.15) is 11.9 Å². The normalized spacial score (nSPS) is 25.4. The standard InChI is InChI=1S/C14H21NO/c1-3-12-6-4-5-7-14(12)16-13-8-9-15-10-11(13)2/h4-7,11,13,15H,3,8-10H2,1-2H3. The van der Waals surface area contributed by atoms with E-state index in [0.717, 1.165) is 31.7 Å². The van der Waals surface area contributed by atoms with Gasteiger partial charge in [-0.2, -0.15) is 0 Å². The molecule has 16 heavy (non-hydrogen) atoms. The molecule has 0 aliphatic carbocycles. The van der Waals surface area contributed by atoms with Crippen molar-refractivity contribution in [2.45, 2.75) is 32.8 Å². The Labute approximate surface area is 98.0 Å². The van der Waals surface area contributed by atoms with Gasteiger partial charge < -0.3 is 10.1 Å². The van der Waals surface area contributed by atoms with Gasteiger partial charge in [-0.15, -0.1) is 0 Å². The molecular formula is C14H21NO. The van der Waals surface area contributed by atoms with Crippen LogP contribution >= 0.6 is 0 Å². The SMILES string of the molecule is CCc1ccccc1OC1CCNCC1C. The van der Waals surface area contributed by atoms with E-state index in [2.05, 4.69) is 43.4 Å². The summed E-state index contributed by atoms with van der Waals surface area (Å²) in [6, 6.07) is 8.38. The fourth-order valence-electron chi connectivity index (χ4n) is 2.24. The van der Waals surface area contributed by atoms with Crippen molar-refractivity contribution >= 4 is 0 Å². The minimum atomic E-state index is 0.369. The highest BCUT2D eigenvalue weighted by atomic mass is 16.5. The van der Waals surface area contributed by atoms with E-state index in [4.69, 9.17) is 4.74 Å². The lowest BCUT2D eigenvalue weighted by molar-refractivity contribution is 0.111. The van der Waals surface area contributed by atoms with Crippen molar-refractivity contribution in [3.63, 3.8) is 0 Å². The topological polar surface area (TPSA) is 21.3 Å². The van der Waals surface area contributed by atoms with E-state index >= 15 is 0 Å². The van der Waals surface area contributed by atoms with Crippen LogP contribution in [-0.4, -0.2) is 19.2 Å². The Kier molecular flexibility index (Phi) is 3.83. The molecule has 1 heterocycles. The molecule has 1 N–H and O–H groups in total. The van der Waals surface area contributed by atoms with Crippen LogP contribution in [0.25, 0.3) is 0 Å². The molecule has 1 aliphatic heterocycles. The second kappa shape index (κ2) is 5.35. The van der Waals surface area contributed by atoms with Gasteiger partial charge in [-0.3, -0.25) is 0 Å². The minimum Gasteiger partial charge on any atom is -0.490 e. The van der Waals surface area contributed by atoms with Crippen molar-refractivity contribution in [1.29, 1.82) is 0 Å². The number of nitrogens with one attached hydrogen (secondary N) is 1. The Morgan fingerprint density at radius 2 is 2.19 bits per heavy atom. The zero-order chi connectivity index (χ0) is 11.4. The highest BCUT2D eigenvalue weighted by Gasteiger charge is 2.23. The second-order valence-corrected chi connectivity index (χ2v) is 4.59. The largest absolute Gasteiger partial charge is 0.490 e. The van der Waals surface area contributed by atoms with Gasteiger partial charge in [-0.25, -0.2) is 0 Å². The van der Waals surface area contributed by atoms with Gasteiger partial charge in [0.25, 0.3) is 0 Å². The molecule has 0 aromatic heterocycles. The third kappa shape index (κ3) is 2.56. The summed E-state index contributed by atoms with van der Waals surface area (Å²) >= 11 is 0. The number of piperidine rings is 1. The van der Waals surface area contributed by atoms with Crippen LogP contribution in [0.5, 0.6) is 5.75 Å². The first-order chi connectivity index (χ1) is 7.81. The van der Waals surface area contributed by atoms with Crippen LogP contribution in [0.15, 0.2) is 24.3 Å². The predicted octanol–water partition coefficient (Wildman–Crippen LogP) is 2.63. The Bertz CT molecular complexity index is 337. The molecule has 2 heteroatoms. The first kappa shape index (κ1) is 11.5. The van der Waals surface area contributed by atoms with E-state index in [0.29, 0.717) is 12.0 Å². The van der Waals surface area contributed by atoms with Crippen LogP contribution in [-0.2, 0) is 6.42 Å². The molecule has 2 atom stereocenters. The van der Waals surface area contributed by atoms with Crippen molar-refractivity contribution in [2.24, 2.45) is 5.92 Å². The summed E-state index contributed by atoms with van der Waals surface area (Å²) in [7, 11) is 0. The summed E-state index contributed by atoms with van der Waals surface area (Å²) < 4.78 is 6.15. The zero-order valence-corrected chi connectivity index (χ0v) is 10.2. The lowest BCUT2D eigenvalue weighted by Gasteiger charge is -2.30. The molecule has 1 aliphatic rings. The molecule has 0 spiro atoms. The number of hydrogen-bond acceptors (Lipinski definition) is 2. The molecular weight excluding hydrogens is 198 g/mol. The number of aryl methyl sites for hydroxylation is 1. The van der Waals surface area contributed by atoms with Crippen molar-refractivity contribution in [1.82, 2.24) is 5.32 Å². The molecule has 2 rings (SSSR count). The zero-order valence-electron chi connectivity index (χ0n) is 10.2. The van der Waals surface area contributed by atoms with E-state index in [1.54, 1.807) is 0 Å². The summed E-state index contributed by atoms with van der Waals surface area (Å²) in [5, 5.41) is 3.40. The molecule has 0 saturated carbocycles. The van der Waals surface area contributed by atoms with E-state index in [-0.39, 0.29) is 0 Å². The lowest BCUT2D eigenvalue weighted by Crippen LogP contribution is -2.41. The number of hydrogen-bond donors (Lipinski definition) is 1. The molecule has 2 unspecified atom stereocenters. The maximum absolute atomic E-state index is 6.15. The van der Waals surface area contributed by atoms with Gasteiger partial charge in [0.2, 0.25) is 0 Å². The van der Waals surface area contributed by atoms with Crippen molar-refractivity contribution < 1.29 is 4.74 Å². The highest BCUT2D eigenvalue weighted by molar-refractivity contribution is 5.33. The van der Waals surface area contributed by atoms with Crippen molar-refractivity contribution in [3.05, 3.63) is 29.8 Å². The van der Waals surface area contributed by atoms with Gasteiger partial charge in [0.05, 0.1) is 0 Å². The molecule has 1 aromatic carbocycles. The monoisotopic (exact) mass is 219 g/mol. The molecule has 0 radical (unpaired) electrons. The summed E-state index contributed by atoms with van der Waals surface area (Å²) in [4.78, 5) is 0. The Morgan fingerprint density at radius 1 is 1.38 bits per heavy atom. The van der Waals surface area contributed by atoms with E-state index in [1.165, 1.54) is 5.56 Å². The molecule has 88 valence electrons. The Hall–Kier alpha value is -1.02. The van der Waals surface area contributed by atoms with Crippen LogP contribution in [0.3, 0.4) is 0 Å². The average Bonchev–Trinajstić information content (AvgIpc) is 2.33. The van der Waals surface area contributed by atoms with E-state index in [1.807, 2.05) is 0 Å². The number of benzene rings is 1. The van der Waals surface area contributed by atoms with Crippen LogP contribution < -0.4 is 10.1 Å². The summed E-state index contributed by atoms with van der Waals surface area (Å²) in [5.41, 5.74) is 1.31. The number of ether oxygens (including phenoxy) is 1. The van der Waals surface area contributed by atoms with Crippen LogP contribution in [0.2, 0.25) is 0 Å². The van der Waals surface area contributed by atoms with Crippen LogP contribution in [0, 0.1) is 5.92 Å². The smallest absolute Gasteiger partial charge is 0.122 e. The van der Waals surface area contributed by atoms with Crippen LogP contribution in [0.1, 0.15) is 25.8 Å². The van der Waals surface area contributed by atoms with Gasteiger partial charge in [0.15, 0.2) is 0 Å². The summed E-state index contributed by atoms with van der Waals surface area (Å²) in [6.45, 7) is 6.57. The Morgan fingerprint density at radius 3 is 2.94 bits per heavy atom. The Balaban J connectivity index is 2.07. The predicted molar refractivity (Wildman–Crippen MR) is 66.9 cm³/mol. The summed E-state index contributed by atoms with van der Waals surface area (Å²) in [5.74, 6) is 1.67. The molecule has 2 nitrogen and oxygen atoms in total. The average molecular weight is 219 g/mol. The quantitative estimate of drug-likeness (QED) is 0.843. The third-order valence-electron chi connectivity index (χ3n) is 3.34. The van der Waals surface area contributed by atoms with Crippen LogP contribution in [0.4, 0.5) is 0 Å². The van der Waals surface area contributed by atoms with Crippen molar-refractivity contribution in [2.75, 3.05) is 13.1 Å². The third-order valence-corrected chi connectivity index (χ3v) is 3.34. The molecule has 1 saturated heterocycles. The van der Waals surface area contributed by atoms with Gasteiger partial charge in [-0.05, 0) is 31.0 Å². The van der Waals surface area contributed by atoms with E-state index < -0.39 is 0 Å². The maximum Gasteiger partial charge on any atom is 0.122 e. The van der Waals surface area contributed by atoms with Crippen molar-refractivity contribution in [3.8, 4) is 5.75 Å². The minimum absolute atomic E-state index is 0.369. The fourth-order valence-corrected chi connectivity index (χ4v) is 2.24. The first-order valence-electron chi connectivity index (χ1n) is 6.26. The number of rotatable bonds is 3. The molecule has 0 amide bonds. The van der Waals surface area contributed by atoms with Gasteiger partial charge in [0, 0.05) is 12.5 Å². The molecule has 1 fully saturated rings. The summed E-state index contributed by atoms with van der Waals surface area (Å²) in [6.07, 6.45) is 2.52. The first-order valence-corrected chi connectivity index (χ1v) is 6.26. The number of para-hydroxylation sites is 1.